The predicted molar refractivity (Wildman–Crippen MR) is 130 cm³/mol. The van der Waals surface area contributed by atoms with Crippen molar-refractivity contribution in [3.05, 3.63) is 71.8 Å². The summed E-state index contributed by atoms with van der Waals surface area (Å²) in [7, 11) is -3.87. The molecule has 3 aromatic carbocycles. The summed E-state index contributed by atoms with van der Waals surface area (Å²) in [6.45, 7) is 8.42. The van der Waals surface area contributed by atoms with E-state index in [1.54, 1.807) is 19.1 Å². The van der Waals surface area contributed by atoms with Crippen LogP contribution in [-0.4, -0.2) is 24.9 Å². The van der Waals surface area contributed by atoms with Crippen molar-refractivity contribution < 1.29 is 13.2 Å². The van der Waals surface area contributed by atoms with Gasteiger partial charge < -0.3 is 9.88 Å². The molecule has 0 aliphatic carbocycles. The second kappa shape index (κ2) is 8.31. The van der Waals surface area contributed by atoms with Gasteiger partial charge in [0, 0.05) is 45.6 Å². The monoisotopic (exact) mass is 449 g/mol. The zero-order chi connectivity index (χ0) is 23.0. The highest BCUT2D eigenvalue weighted by molar-refractivity contribution is 7.92. The van der Waals surface area contributed by atoms with E-state index in [-0.39, 0.29) is 16.8 Å². The highest BCUT2D eigenvalue weighted by Gasteiger charge is 2.19. The molecule has 7 heteroatoms. The van der Waals surface area contributed by atoms with Gasteiger partial charge in [0.05, 0.1) is 4.90 Å². The van der Waals surface area contributed by atoms with Crippen LogP contribution in [0.2, 0.25) is 0 Å². The summed E-state index contributed by atoms with van der Waals surface area (Å²) in [6, 6.07) is 18.2. The first-order chi connectivity index (χ1) is 15.2. The van der Waals surface area contributed by atoms with Gasteiger partial charge in [-0.05, 0) is 69.7 Å². The lowest BCUT2D eigenvalue weighted by molar-refractivity contribution is 0.0942. The van der Waals surface area contributed by atoms with Crippen molar-refractivity contribution in [1.29, 1.82) is 0 Å². The van der Waals surface area contributed by atoms with E-state index < -0.39 is 10.0 Å². The Morgan fingerprint density at radius 1 is 0.969 bits per heavy atom. The third-order valence-electron chi connectivity index (χ3n) is 5.52. The first-order valence-corrected chi connectivity index (χ1v) is 12.1. The maximum absolute atomic E-state index is 13.1. The van der Waals surface area contributed by atoms with Gasteiger partial charge in [0.25, 0.3) is 15.9 Å². The van der Waals surface area contributed by atoms with Crippen LogP contribution in [0.25, 0.3) is 21.8 Å². The van der Waals surface area contributed by atoms with Crippen molar-refractivity contribution in [2.45, 2.75) is 45.2 Å². The summed E-state index contributed by atoms with van der Waals surface area (Å²) in [5.74, 6) is -0.289. The number of fused-ring (bicyclic) bond motifs is 3. The maximum Gasteiger partial charge on any atom is 0.261 e. The number of carbonyl (C=O) groups is 1. The summed E-state index contributed by atoms with van der Waals surface area (Å²) in [4.78, 5) is 12.5. The van der Waals surface area contributed by atoms with E-state index in [2.05, 4.69) is 27.6 Å². The molecule has 2 N–H and O–H groups in total. The van der Waals surface area contributed by atoms with Gasteiger partial charge in [0.15, 0.2) is 0 Å². The number of amides is 1. The minimum atomic E-state index is -3.87. The first kappa shape index (κ1) is 21.9. The molecule has 4 aromatic rings. The van der Waals surface area contributed by atoms with Gasteiger partial charge >= 0.3 is 0 Å². The van der Waals surface area contributed by atoms with Crippen LogP contribution in [0.4, 0.5) is 5.69 Å². The third-order valence-corrected chi connectivity index (χ3v) is 6.90. The molecule has 0 radical (unpaired) electrons. The molecule has 1 amide bonds. The average Bonchev–Trinajstić information content (AvgIpc) is 3.06. The predicted octanol–water partition coefficient (Wildman–Crippen LogP) is 5.06. The lowest BCUT2D eigenvalue weighted by atomic mass is 10.1. The highest BCUT2D eigenvalue weighted by Crippen LogP contribution is 2.31. The van der Waals surface area contributed by atoms with Crippen LogP contribution in [0.1, 0.15) is 36.7 Å². The lowest BCUT2D eigenvalue weighted by Gasteiger charge is -2.13. The first-order valence-electron chi connectivity index (χ1n) is 10.7. The number of sulfonamides is 1. The second-order valence-electron chi connectivity index (χ2n) is 8.20. The Labute approximate surface area is 188 Å². The number of carbonyl (C=O) groups excluding carboxylic acids is 1. The minimum absolute atomic E-state index is 0.0442. The van der Waals surface area contributed by atoms with Gasteiger partial charge in [-0.2, -0.15) is 0 Å². The molecule has 0 atom stereocenters. The summed E-state index contributed by atoms with van der Waals surface area (Å²) < 4.78 is 31.1. The standard InChI is InChI=1S/C25H27N3O3S/c1-5-28-23-9-7-6-8-20(23)22-14-18(11-13-24(22)28)27-32(30,31)19-12-10-17(4)21(15-19)25(29)26-16(2)3/h6-16,27H,5H2,1-4H3,(H,26,29). The molecule has 0 saturated heterocycles. The number of rotatable bonds is 6. The van der Waals surface area contributed by atoms with E-state index in [0.29, 0.717) is 11.3 Å². The Kier molecular flexibility index (Phi) is 5.69. The smallest absolute Gasteiger partial charge is 0.261 e. The number of aromatic nitrogens is 1. The fraction of sp³-hybridized carbons (Fsp3) is 0.240. The number of hydrogen-bond donors (Lipinski definition) is 2. The molecule has 1 aromatic heterocycles. The van der Waals surface area contributed by atoms with Crippen molar-refractivity contribution in [3.8, 4) is 0 Å². The number of aryl methyl sites for hydroxylation is 2. The summed E-state index contributed by atoms with van der Waals surface area (Å²) in [5.41, 5.74) is 3.72. The zero-order valence-electron chi connectivity index (χ0n) is 18.6. The molecule has 0 unspecified atom stereocenters. The third kappa shape index (κ3) is 3.96. The van der Waals surface area contributed by atoms with Crippen LogP contribution < -0.4 is 10.0 Å². The molecule has 6 nitrogen and oxygen atoms in total. The van der Waals surface area contributed by atoms with Gasteiger partial charge in [-0.25, -0.2) is 8.42 Å². The van der Waals surface area contributed by atoms with E-state index in [0.717, 1.165) is 33.9 Å². The Hall–Kier alpha value is -3.32. The Balaban J connectivity index is 1.72. The van der Waals surface area contributed by atoms with Gasteiger partial charge in [-0.1, -0.05) is 24.3 Å². The van der Waals surface area contributed by atoms with E-state index in [1.807, 2.05) is 44.2 Å². The van der Waals surface area contributed by atoms with Crippen LogP contribution in [-0.2, 0) is 16.6 Å². The topological polar surface area (TPSA) is 80.2 Å². The maximum atomic E-state index is 13.1. The molecular weight excluding hydrogens is 422 g/mol. The number of nitrogens with one attached hydrogen (secondary N) is 2. The molecule has 0 aliphatic rings. The van der Waals surface area contributed by atoms with E-state index >= 15 is 0 Å². The molecule has 1 heterocycles. The molecule has 4 rings (SSSR count). The van der Waals surface area contributed by atoms with Gasteiger partial charge in [-0.15, -0.1) is 0 Å². The fourth-order valence-corrected chi connectivity index (χ4v) is 5.10. The van der Waals surface area contributed by atoms with Crippen molar-refractivity contribution in [2.75, 3.05) is 4.72 Å². The summed E-state index contributed by atoms with van der Waals surface area (Å²) in [5, 5.41) is 4.88. The van der Waals surface area contributed by atoms with Gasteiger partial charge in [0.2, 0.25) is 0 Å². The number of nitrogens with zero attached hydrogens (tertiary/aromatic N) is 1. The van der Waals surface area contributed by atoms with Gasteiger partial charge in [-0.3, -0.25) is 9.52 Å². The lowest BCUT2D eigenvalue weighted by Crippen LogP contribution is -2.30. The minimum Gasteiger partial charge on any atom is -0.350 e. The SMILES string of the molecule is CCn1c2ccccc2c2cc(NS(=O)(=O)c3ccc(C)c(C(=O)NC(C)C)c3)ccc21. The van der Waals surface area contributed by atoms with E-state index in [4.69, 9.17) is 0 Å². The van der Waals surface area contributed by atoms with Crippen LogP contribution in [0.5, 0.6) is 0 Å². The number of para-hydroxylation sites is 1. The van der Waals surface area contributed by atoms with Crippen LogP contribution in [0.3, 0.4) is 0 Å². The number of hydrogen-bond acceptors (Lipinski definition) is 3. The van der Waals surface area contributed by atoms with Crippen LogP contribution >= 0.6 is 0 Å². The van der Waals surface area contributed by atoms with Crippen LogP contribution in [0, 0.1) is 6.92 Å². The number of anilines is 1. The van der Waals surface area contributed by atoms with Crippen molar-refractivity contribution in [1.82, 2.24) is 9.88 Å². The summed E-state index contributed by atoms with van der Waals surface area (Å²) in [6.07, 6.45) is 0. The van der Waals surface area contributed by atoms with Crippen molar-refractivity contribution >= 4 is 43.4 Å². The molecule has 0 saturated carbocycles. The molecule has 0 spiro atoms. The second-order valence-corrected chi connectivity index (χ2v) is 9.89. The molecule has 0 bridgehead atoms. The average molecular weight is 450 g/mol. The highest BCUT2D eigenvalue weighted by atomic mass is 32.2. The summed E-state index contributed by atoms with van der Waals surface area (Å²) >= 11 is 0. The van der Waals surface area contributed by atoms with Crippen molar-refractivity contribution in [2.24, 2.45) is 0 Å². The van der Waals surface area contributed by atoms with Crippen molar-refractivity contribution in [3.63, 3.8) is 0 Å². The van der Waals surface area contributed by atoms with Gasteiger partial charge in [0.1, 0.15) is 0 Å². The molecular formula is C25H27N3O3S. The number of benzene rings is 3. The molecule has 166 valence electrons. The normalized spacial score (nSPS) is 11.9. The van der Waals surface area contributed by atoms with E-state index in [9.17, 15) is 13.2 Å². The zero-order valence-corrected chi connectivity index (χ0v) is 19.5. The van der Waals surface area contributed by atoms with Crippen LogP contribution in [0.15, 0.2) is 65.6 Å². The molecule has 32 heavy (non-hydrogen) atoms. The molecule has 0 aliphatic heterocycles. The Morgan fingerprint density at radius 3 is 2.41 bits per heavy atom. The quantitative estimate of drug-likeness (QED) is 0.432. The Morgan fingerprint density at radius 2 is 1.69 bits per heavy atom. The largest absolute Gasteiger partial charge is 0.350 e. The fourth-order valence-electron chi connectivity index (χ4n) is 4.02. The Bertz CT molecular complexity index is 1440. The molecule has 0 fully saturated rings. The van der Waals surface area contributed by atoms with E-state index in [1.165, 1.54) is 12.1 Å².